The fourth-order valence-electron chi connectivity index (χ4n) is 2.45. The quantitative estimate of drug-likeness (QED) is 0.439. The van der Waals surface area contributed by atoms with E-state index in [1.54, 1.807) is 25.3 Å². The number of benzene rings is 1. The predicted molar refractivity (Wildman–Crippen MR) is 90.7 cm³/mol. The Bertz CT molecular complexity index is 916. The monoisotopic (exact) mass is 323 g/mol. The Balaban J connectivity index is 1.67. The molecule has 0 spiro atoms. The lowest BCUT2D eigenvalue weighted by Crippen LogP contribution is -2.23. The van der Waals surface area contributed by atoms with Crippen LogP contribution in [0.4, 0.5) is 0 Å². The summed E-state index contributed by atoms with van der Waals surface area (Å²) in [6.45, 7) is 3.38. The van der Waals surface area contributed by atoms with E-state index in [1.165, 1.54) is 12.2 Å². The van der Waals surface area contributed by atoms with E-state index < -0.39 is 12.1 Å². The number of aromatic amines is 1. The average Bonchev–Trinajstić information content (AvgIpc) is 3.18. The van der Waals surface area contributed by atoms with Crippen LogP contribution >= 0.6 is 0 Å². The molecule has 5 heteroatoms. The lowest BCUT2D eigenvalue weighted by molar-refractivity contribution is -0.140. The molecule has 0 aliphatic carbocycles. The Morgan fingerprint density at radius 1 is 1.21 bits per heavy atom. The van der Waals surface area contributed by atoms with Gasteiger partial charge in [-0.2, -0.15) is 0 Å². The number of ketones is 1. The van der Waals surface area contributed by atoms with Crippen LogP contribution < -0.4 is 0 Å². The second-order valence-corrected chi connectivity index (χ2v) is 5.47. The standard InChI is InChI=1S/C19H17NO4/c1-12-7-8-14(23-12)9-10-18(21)24-13(2)19(22)16-11-20-17-6-4-3-5-15(16)17/h3-11,13,20H,1-2H3/b10-9+. The zero-order valence-corrected chi connectivity index (χ0v) is 13.4. The second kappa shape index (κ2) is 6.58. The number of para-hydroxylation sites is 1. The molecule has 1 N–H and O–H groups in total. The minimum Gasteiger partial charge on any atom is -0.462 e. The number of aryl methyl sites for hydroxylation is 1. The molecule has 2 heterocycles. The van der Waals surface area contributed by atoms with Crippen molar-refractivity contribution in [3.05, 3.63) is 65.8 Å². The first-order valence-corrected chi connectivity index (χ1v) is 7.60. The van der Waals surface area contributed by atoms with E-state index in [1.807, 2.05) is 31.2 Å². The van der Waals surface area contributed by atoms with E-state index in [9.17, 15) is 9.59 Å². The summed E-state index contributed by atoms with van der Waals surface area (Å²) in [6, 6.07) is 11.0. The highest BCUT2D eigenvalue weighted by Gasteiger charge is 2.21. The van der Waals surface area contributed by atoms with Gasteiger partial charge in [0.1, 0.15) is 11.5 Å². The summed E-state index contributed by atoms with van der Waals surface area (Å²) >= 11 is 0. The molecule has 1 aromatic carbocycles. The molecule has 5 nitrogen and oxygen atoms in total. The largest absolute Gasteiger partial charge is 0.462 e. The van der Waals surface area contributed by atoms with Crippen molar-refractivity contribution in [1.29, 1.82) is 0 Å². The molecule has 0 fully saturated rings. The molecule has 24 heavy (non-hydrogen) atoms. The van der Waals surface area contributed by atoms with Gasteiger partial charge in [0, 0.05) is 28.7 Å². The topological polar surface area (TPSA) is 72.3 Å². The number of esters is 1. The minimum atomic E-state index is -0.875. The smallest absolute Gasteiger partial charge is 0.331 e. The summed E-state index contributed by atoms with van der Waals surface area (Å²) in [4.78, 5) is 27.4. The average molecular weight is 323 g/mol. The summed E-state index contributed by atoms with van der Waals surface area (Å²) in [5.41, 5.74) is 1.38. The Labute approximate surface area is 138 Å². The van der Waals surface area contributed by atoms with Gasteiger partial charge in [-0.1, -0.05) is 18.2 Å². The number of H-pyrrole nitrogens is 1. The lowest BCUT2D eigenvalue weighted by atomic mass is 10.1. The summed E-state index contributed by atoms with van der Waals surface area (Å²) in [6.07, 6.45) is 3.52. The number of carbonyl (C=O) groups excluding carboxylic acids is 2. The number of rotatable bonds is 5. The van der Waals surface area contributed by atoms with Crippen molar-refractivity contribution in [2.24, 2.45) is 0 Å². The molecule has 0 amide bonds. The molecule has 0 aliphatic heterocycles. The first-order valence-electron chi connectivity index (χ1n) is 7.60. The van der Waals surface area contributed by atoms with Crippen molar-refractivity contribution in [3.63, 3.8) is 0 Å². The zero-order valence-electron chi connectivity index (χ0n) is 13.4. The molecule has 0 bridgehead atoms. The van der Waals surface area contributed by atoms with Crippen LogP contribution in [-0.4, -0.2) is 22.8 Å². The van der Waals surface area contributed by atoms with E-state index in [-0.39, 0.29) is 5.78 Å². The normalized spacial score (nSPS) is 12.6. The van der Waals surface area contributed by atoms with Crippen LogP contribution in [0.2, 0.25) is 0 Å². The number of hydrogen-bond donors (Lipinski definition) is 1. The molecular weight excluding hydrogens is 306 g/mol. The number of ether oxygens (including phenoxy) is 1. The zero-order chi connectivity index (χ0) is 17.1. The van der Waals surface area contributed by atoms with Crippen molar-refractivity contribution in [2.45, 2.75) is 20.0 Å². The van der Waals surface area contributed by atoms with Crippen LogP contribution in [0.5, 0.6) is 0 Å². The molecule has 0 radical (unpaired) electrons. The Kier molecular flexibility index (Phi) is 4.33. The first-order chi connectivity index (χ1) is 11.5. The van der Waals surface area contributed by atoms with E-state index in [4.69, 9.17) is 9.15 Å². The van der Waals surface area contributed by atoms with Crippen LogP contribution in [0.15, 0.2) is 53.1 Å². The predicted octanol–water partition coefficient (Wildman–Crippen LogP) is 3.90. The Hall–Kier alpha value is -3.08. The van der Waals surface area contributed by atoms with Gasteiger partial charge in [-0.3, -0.25) is 4.79 Å². The van der Waals surface area contributed by atoms with Crippen LogP contribution in [0.1, 0.15) is 28.8 Å². The van der Waals surface area contributed by atoms with Crippen molar-refractivity contribution in [1.82, 2.24) is 4.98 Å². The van der Waals surface area contributed by atoms with Crippen LogP contribution in [0.25, 0.3) is 17.0 Å². The molecule has 3 rings (SSSR count). The van der Waals surface area contributed by atoms with Gasteiger partial charge in [-0.05, 0) is 38.1 Å². The maximum Gasteiger partial charge on any atom is 0.331 e. The molecular formula is C19H17NO4. The fourth-order valence-corrected chi connectivity index (χ4v) is 2.45. The van der Waals surface area contributed by atoms with Crippen LogP contribution in [0, 0.1) is 6.92 Å². The molecule has 1 unspecified atom stereocenters. The third-order valence-electron chi connectivity index (χ3n) is 3.66. The van der Waals surface area contributed by atoms with Crippen LogP contribution in [-0.2, 0) is 9.53 Å². The maximum atomic E-state index is 12.5. The van der Waals surface area contributed by atoms with Crippen LogP contribution in [0.3, 0.4) is 0 Å². The van der Waals surface area contributed by atoms with Crippen molar-refractivity contribution in [2.75, 3.05) is 0 Å². The number of Topliss-reactive ketones (excluding diaryl/α,β-unsaturated/α-hetero) is 1. The molecule has 3 aromatic rings. The number of nitrogens with one attached hydrogen (secondary N) is 1. The Morgan fingerprint density at radius 2 is 2.00 bits per heavy atom. The van der Waals surface area contributed by atoms with Gasteiger partial charge >= 0.3 is 5.97 Å². The molecule has 1 atom stereocenters. The van der Waals surface area contributed by atoms with Crippen molar-refractivity contribution in [3.8, 4) is 0 Å². The van der Waals surface area contributed by atoms with E-state index >= 15 is 0 Å². The number of aromatic nitrogens is 1. The number of fused-ring (bicyclic) bond motifs is 1. The summed E-state index contributed by atoms with van der Waals surface area (Å²) in [5, 5.41) is 0.812. The SMILES string of the molecule is Cc1ccc(/C=C/C(=O)OC(C)C(=O)c2c[nH]c3ccccc23)o1. The van der Waals surface area contributed by atoms with Gasteiger partial charge in [-0.15, -0.1) is 0 Å². The second-order valence-electron chi connectivity index (χ2n) is 5.47. The van der Waals surface area contributed by atoms with Crippen molar-refractivity contribution < 1.29 is 18.7 Å². The van der Waals surface area contributed by atoms with E-state index in [0.29, 0.717) is 11.3 Å². The molecule has 0 saturated heterocycles. The molecule has 0 aliphatic rings. The lowest BCUT2D eigenvalue weighted by Gasteiger charge is -2.10. The van der Waals surface area contributed by atoms with E-state index in [2.05, 4.69) is 4.98 Å². The Morgan fingerprint density at radius 3 is 2.75 bits per heavy atom. The third-order valence-corrected chi connectivity index (χ3v) is 3.66. The fraction of sp³-hybridized carbons (Fsp3) is 0.158. The van der Waals surface area contributed by atoms with Crippen molar-refractivity contribution >= 4 is 28.7 Å². The van der Waals surface area contributed by atoms with E-state index in [0.717, 1.165) is 16.7 Å². The number of furan rings is 1. The number of carbonyl (C=O) groups is 2. The van der Waals surface area contributed by atoms with Gasteiger partial charge in [-0.25, -0.2) is 4.79 Å². The summed E-state index contributed by atoms with van der Waals surface area (Å²) < 4.78 is 10.5. The highest BCUT2D eigenvalue weighted by Crippen LogP contribution is 2.20. The molecule has 0 saturated carbocycles. The molecule has 2 aromatic heterocycles. The van der Waals surface area contributed by atoms with Gasteiger partial charge in [0.15, 0.2) is 6.10 Å². The summed E-state index contributed by atoms with van der Waals surface area (Å²) in [5.74, 6) is 0.471. The third kappa shape index (κ3) is 3.30. The summed E-state index contributed by atoms with van der Waals surface area (Å²) in [7, 11) is 0. The van der Waals surface area contributed by atoms with Gasteiger partial charge in [0.2, 0.25) is 5.78 Å². The number of hydrogen-bond acceptors (Lipinski definition) is 4. The molecule has 122 valence electrons. The van der Waals surface area contributed by atoms with Gasteiger partial charge in [0.05, 0.1) is 0 Å². The first kappa shape index (κ1) is 15.8. The van der Waals surface area contributed by atoms with Gasteiger partial charge in [0.25, 0.3) is 0 Å². The maximum absolute atomic E-state index is 12.5. The highest BCUT2D eigenvalue weighted by atomic mass is 16.5. The van der Waals surface area contributed by atoms with Gasteiger partial charge < -0.3 is 14.1 Å². The minimum absolute atomic E-state index is 0.247. The highest BCUT2D eigenvalue weighted by molar-refractivity contribution is 6.10.